The van der Waals surface area contributed by atoms with Gasteiger partial charge in [0.05, 0.1) is 5.69 Å². The summed E-state index contributed by atoms with van der Waals surface area (Å²) in [7, 11) is 0. The Balaban J connectivity index is 1.62. The van der Waals surface area contributed by atoms with Crippen LogP contribution in [-0.2, 0) is 14.3 Å². The Bertz CT molecular complexity index is 868. The van der Waals surface area contributed by atoms with Crippen LogP contribution in [0.25, 0.3) is 6.08 Å². The van der Waals surface area contributed by atoms with Gasteiger partial charge in [-0.05, 0) is 30.7 Å². The summed E-state index contributed by atoms with van der Waals surface area (Å²) in [5.74, 6) is -1.38. The van der Waals surface area contributed by atoms with Gasteiger partial charge in [-0.2, -0.15) is 0 Å². The van der Waals surface area contributed by atoms with E-state index in [9.17, 15) is 14.0 Å². The van der Waals surface area contributed by atoms with Gasteiger partial charge in [0.25, 0.3) is 5.91 Å². The number of carbonyl (C=O) groups excluding carboxylic acids is 2. The third kappa shape index (κ3) is 4.98. The highest BCUT2D eigenvalue weighted by molar-refractivity contribution is 8.00. The fourth-order valence-electron chi connectivity index (χ4n) is 2.77. The van der Waals surface area contributed by atoms with E-state index in [-0.39, 0.29) is 18.1 Å². The number of benzene rings is 2. The average Bonchev–Trinajstić information content (AvgIpc) is 2.83. The molecule has 0 N–H and O–H groups in total. The normalized spacial score (nSPS) is 16.7. The van der Waals surface area contributed by atoms with E-state index in [4.69, 9.17) is 4.74 Å². The van der Waals surface area contributed by atoms with Crippen molar-refractivity contribution in [1.82, 2.24) is 0 Å². The summed E-state index contributed by atoms with van der Waals surface area (Å²) in [6.07, 6.45) is 3.31. The first-order valence-electron chi connectivity index (χ1n) is 8.70. The predicted octanol–water partition coefficient (Wildman–Crippen LogP) is 4.30. The molecule has 0 spiro atoms. The number of carbonyl (C=O) groups is 2. The monoisotopic (exact) mass is 385 g/mol. The number of rotatable bonds is 4. The lowest BCUT2D eigenvalue weighted by Gasteiger charge is -2.22. The quantitative estimate of drug-likeness (QED) is 0.582. The predicted molar refractivity (Wildman–Crippen MR) is 105 cm³/mol. The molecule has 0 bridgehead atoms. The smallest absolute Gasteiger partial charge is 0.331 e. The average molecular weight is 385 g/mol. The summed E-state index contributed by atoms with van der Waals surface area (Å²) < 4.78 is 18.6. The van der Waals surface area contributed by atoms with Crippen LogP contribution in [0.4, 0.5) is 10.1 Å². The standard InChI is InChI=1S/C21H20FNO3S/c1-15-12-13-23(18-8-4-5-9-19(18)27-15)20(24)14-26-21(25)11-10-16-6-2-3-7-17(16)22/h2-11,15H,12-14H2,1H3/b11-10+/t15-/m1/s1. The van der Waals surface area contributed by atoms with Crippen LogP contribution in [0.15, 0.2) is 59.5 Å². The summed E-state index contributed by atoms with van der Waals surface area (Å²) in [5.41, 5.74) is 1.13. The molecule has 0 aromatic heterocycles. The number of ether oxygens (including phenoxy) is 1. The molecule has 0 saturated heterocycles. The lowest BCUT2D eigenvalue weighted by Crippen LogP contribution is -2.35. The first kappa shape index (κ1) is 19.2. The molecule has 0 aliphatic carbocycles. The fourth-order valence-corrected chi connectivity index (χ4v) is 3.89. The maximum Gasteiger partial charge on any atom is 0.331 e. The van der Waals surface area contributed by atoms with Crippen molar-refractivity contribution in [3.05, 3.63) is 66.0 Å². The third-order valence-corrected chi connectivity index (χ3v) is 5.42. The van der Waals surface area contributed by atoms with Gasteiger partial charge in [0.2, 0.25) is 0 Å². The zero-order chi connectivity index (χ0) is 19.2. The Morgan fingerprint density at radius 1 is 1.22 bits per heavy atom. The van der Waals surface area contributed by atoms with E-state index >= 15 is 0 Å². The molecule has 27 heavy (non-hydrogen) atoms. The highest BCUT2D eigenvalue weighted by Gasteiger charge is 2.24. The highest BCUT2D eigenvalue weighted by atomic mass is 32.2. The molecule has 1 aliphatic rings. The van der Waals surface area contributed by atoms with E-state index in [1.54, 1.807) is 34.9 Å². The summed E-state index contributed by atoms with van der Waals surface area (Å²) in [5, 5.41) is 0.398. The van der Waals surface area contributed by atoms with Gasteiger partial charge >= 0.3 is 5.97 Å². The molecule has 1 atom stereocenters. The number of halogens is 1. The van der Waals surface area contributed by atoms with Crippen molar-refractivity contribution in [2.24, 2.45) is 0 Å². The van der Waals surface area contributed by atoms with Crippen LogP contribution in [0.3, 0.4) is 0 Å². The first-order valence-corrected chi connectivity index (χ1v) is 9.58. The van der Waals surface area contributed by atoms with Crippen LogP contribution in [0.1, 0.15) is 18.9 Å². The molecule has 0 fully saturated rings. The van der Waals surface area contributed by atoms with Gasteiger partial charge in [-0.3, -0.25) is 4.79 Å². The molecule has 0 radical (unpaired) electrons. The molecule has 140 valence electrons. The molecule has 2 aromatic rings. The second-order valence-electron chi connectivity index (χ2n) is 6.19. The number of para-hydroxylation sites is 1. The van der Waals surface area contributed by atoms with E-state index in [0.29, 0.717) is 11.8 Å². The zero-order valence-electron chi connectivity index (χ0n) is 14.9. The van der Waals surface area contributed by atoms with Crippen molar-refractivity contribution >= 4 is 35.4 Å². The van der Waals surface area contributed by atoms with Gasteiger partial charge in [-0.25, -0.2) is 9.18 Å². The van der Waals surface area contributed by atoms with Crippen LogP contribution < -0.4 is 4.90 Å². The van der Waals surface area contributed by atoms with Crippen LogP contribution in [-0.4, -0.2) is 30.3 Å². The van der Waals surface area contributed by atoms with Gasteiger partial charge in [0.1, 0.15) is 5.82 Å². The van der Waals surface area contributed by atoms with E-state index in [0.717, 1.165) is 23.1 Å². The van der Waals surface area contributed by atoms with Crippen molar-refractivity contribution in [3.8, 4) is 0 Å². The number of hydrogen-bond acceptors (Lipinski definition) is 4. The van der Waals surface area contributed by atoms with E-state index in [1.165, 1.54) is 12.1 Å². The van der Waals surface area contributed by atoms with Crippen LogP contribution in [0, 0.1) is 5.82 Å². The second-order valence-corrected chi connectivity index (χ2v) is 7.67. The van der Waals surface area contributed by atoms with Crippen LogP contribution in [0.5, 0.6) is 0 Å². The van der Waals surface area contributed by atoms with Gasteiger partial charge < -0.3 is 9.64 Å². The largest absolute Gasteiger partial charge is 0.452 e. The molecule has 4 nitrogen and oxygen atoms in total. The molecule has 1 heterocycles. The molecular weight excluding hydrogens is 365 g/mol. The lowest BCUT2D eigenvalue weighted by molar-refractivity contribution is -0.142. The Morgan fingerprint density at radius 3 is 2.78 bits per heavy atom. The minimum Gasteiger partial charge on any atom is -0.452 e. The van der Waals surface area contributed by atoms with Crippen molar-refractivity contribution in [2.45, 2.75) is 23.5 Å². The molecule has 3 rings (SSSR count). The summed E-state index contributed by atoms with van der Waals surface area (Å²) in [6.45, 7) is 2.35. The molecule has 0 saturated carbocycles. The molecule has 1 aliphatic heterocycles. The molecule has 0 unspecified atom stereocenters. The summed E-state index contributed by atoms with van der Waals surface area (Å²) in [6, 6.07) is 13.8. The molecule has 6 heteroatoms. The number of amides is 1. The highest BCUT2D eigenvalue weighted by Crippen LogP contribution is 2.37. The number of esters is 1. The Morgan fingerprint density at radius 2 is 1.96 bits per heavy atom. The SMILES string of the molecule is C[C@@H]1CCN(C(=O)COC(=O)/C=C/c2ccccc2F)c2ccccc2S1. The molecule has 1 amide bonds. The number of anilines is 1. The second kappa shape index (κ2) is 8.86. The van der Waals surface area contributed by atoms with Crippen molar-refractivity contribution in [2.75, 3.05) is 18.1 Å². The minimum absolute atomic E-state index is 0.273. The van der Waals surface area contributed by atoms with E-state index < -0.39 is 11.8 Å². The number of hydrogen-bond donors (Lipinski definition) is 0. The van der Waals surface area contributed by atoms with Crippen LogP contribution >= 0.6 is 11.8 Å². The Hall–Kier alpha value is -2.60. The fraction of sp³-hybridized carbons (Fsp3) is 0.238. The van der Waals surface area contributed by atoms with Gasteiger partial charge in [0.15, 0.2) is 6.61 Å². The third-order valence-electron chi connectivity index (χ3n) is 4.19. The minimum atomic E-state index is -0.683. The van der Waals surface area contributed by atoms with Gasteiger partial charge in [-0.15, -0.1) is 11.8 Å². The summed E-state index contributed by atoms with van der Waals surface area (Å²) >= 11 is 1.74. The van der Waals surface area contributed by atoms with Gasteiger partial charge in [-0.1, -0.05) is 37.3 Å². The molecule has 2 aromatic carbocycles. The van der Waals surface area contributed by atoms with E-state index in [2.05, 4.69) is 6.92 Å². The summed E-state index contributed by atoms with van der Waals surface area (Å²) in [4.78, 5) is 27.2. The van der Waals surface area contributed by atoms with E-state index in [1.807, 2.05) is 24.3 Å². The maximum absolute atomic E-state index is 13.5. The number of thioether (sulfide) groups is 1. The van der Waals surface area contributed by atoms with Crippen molar-refractivity contribution in [3.63, 3.8) is 0 Å². The van der Waals surface area contributed by atoms with Gasteiger partial charge in [0, 0.05) is 28.3 Å². The molecular formula is C21H20FNO3S. The maximum atomic E-state index is 13.5. The zero-order valence-corrected chi connectivity index (χ0v) is 15.7. The number of nitrogens with zero attached hydrogens (tertiary/aromatic N) is 1. The first-order chi connectivity index (χ1) is 13.0. The van der Waals surface area contributed by atoms with Crippen molar-refractivity contribution < 1.29 is 18.7 Å². The van der Waals surface area contributed by atoms with Crippen LogP contribution in [0.2, 0.25) is 0 Å². The lowest BCUT2D eigenvalue weighted by atomic mass is 10.2. The Kier molecular flexibility index (Phi) is 6.29. The number of fused-ring (bicyclic) bond motifs is 1. The Labute approximate surface area is 162 Å². The topological polar surface area (TPSA) is 46.6 Å². The van der Waals surface area contributed by atoms with Crippen molar-refractivity contribution in [1.29, 1.82) is 0 Å².